The smallest absolute Gasteiger partial charge is 0.233 e. The molecule has 2 amide bonds. The zero-order valence-corrected chi connectivity index (χ0v) is 18.7. The summed E-state index contributed by atoms with van der Waals surface area (Å²) >= 11 is 0. The number of hydrogen-bond acceptors (Lipinski definition) is 2. The molecule has 3 fully saturated rings. The molecule has 32 heavy (non-hydrogen) atoms. The predicted molar refractivity (Wildman–Crippen MR) is 122 cm³/mol. The van der Waals surface area contributed by atoms with Gasteiger partial charge in [0.25, 0.3) is 0 Å². The van der Waals surface area contributed by atoms with Crippen molar-refractivity contribution in [2.24, 2.45) is 5.92 Å². The standard InChI is InChI=1S/C27H31FN2O2/c1-19(31)30-18-23(20-9-11-22(28)12-10-20)24-17-29(16-13-25(24)30)26(32)27(14-5-6-15-27)21-7-3-2-4-8-21/h2-4,7-12,23-25H,5-6,13-18H2,1H3/t23-,24-,25-/m1/s1. The third-order valence-electron chi connectivity index (χ3n) is 8.11. The van der Waals surface area contributed by atoms with Crippen LogP contribution in [0.15, 0.2) is 54.6 Å². The number of piperidine rings is 1. The van der Waals surface area contributed by atoms with Gasteiger partial charge < -0.3 is 9.80 Å². The topological polar surface area (TPSA) is 40.6 Å². The number of nitrogens with zero attached hydrogens (tertiary/aromatic N) is 2. The van der Waals surface area contributed by atoms with Crippen LogP contribution in [0, 0.1) is 11.7 Å². The minimum absolute atomic E-state index is 0.0842. The second-order valence-electron chi connectivity index (χ2n) is 9.76. The SMILES string of the molecule is CC(=O)N1C[C@H](c2ccc(F)cc2)[C@H]2CN(C(=O)C3(c4ccccc4)CCCC3)CC[C@H]21. The number of carbonyl (C=O) groups is 2. The van der Waals surface area contributed by atoms with E-state index in [-0.39, 0.29) is 35.5 Å². The van der Waals surface area contributed by atoms with Crippen molar-refractivity contribution >= 4 is 11.8 Å². The van der Waals surface area contributed by atoms with Gasteiger partial charge in [-0.25, -0.2) is 4.39 Å². The molecule has 1 saturated carbocycles. The Morgan fingerprint density at radius 1 is 0.969 bits per heavy atom. The summed E-state index contributed by atoms with van der Waals surface area (Å²) in [6, 6.07) is 17.1. The van der Waals surface area contributed by atoms with Crippen LogP contribution in [-0.4, -0.2) is 47.3 Å². The zero-order chi connectivity index (χ0) is 22.3. The molecule has 0 bridgehead atoms. The van der Waals surface area contributed by atoms with Crippen LogP contribution in [0.2, 0.25) is 0 Å². The molecular formula is C27H31FN2O2. The van der Waals surface area contributed by atoms with Gasteiger partial charge in [0.15, 0.2) is 0 Å². The first-order chi connectivity index (χ1) is 15.5. The highest BCUT2D eigenvalue weighted by Crippen LogP contribution is 2.46. The van der Waals surface area contributed by atoms with Crippen LogP contribution in [0.3, 0.4) is 0 Å². The molecular weight excluding hydrogens is 403 g/mol. The highest BCUT2D eigenvalue weighted by Gasteiger charge is 2.50. The van der Waals surface area contributed by atoms with E-state index in [2.05, 4.69) is 17.0 Å². The lowest BCUT2D eigenvalue weighted by Crippen LogP contribution is -2.54. The minimum Gasteiger partial charge on any atom is -0.341 e. The van der Waals surface area contributed by atoms with Crippen LogP contribution in [0.25, 0.3) is 0 Å². The first-order valence-corrected chi connectivity index (χ1v) is 11.9. The second-order valence-corrected chi connectivity index (χ2v) is 9.76. The monoisotopic (exact) mass is 434 g/mol. The van der Waals surface area contributed by atoms with E-state index in [0.29, 0.717) is 19.6 Å². The lowest BCUT2D eigenvalue weighted by Gasteiger charge is -2.42. The molecule has 0 spiro atoms. The van der Waals surface area contributed by atoms with E-state index in [1.54, 1.807) is 6.92 Å². The Labute approximate surface area is 189 Å². The lowest BCUT2D eigenvalue weighted by molar-refractivity contribution is -0.140. The Bertz CT molecular complexity index is 984. The fourth-order valence-electron chi connectivity index (χ4n) is 6.51. The zero-order valence-electron chi connectivity index (χ0n) is 18.7. The number of halogens is 1. The summed E-state index contributed by atoms with van der Waals surface area (Å²) in [6.07, 6.45) is 4.77. The van der Waals surface area contributed by atoms with Crippen molar-refractivity contribution in [1.82, 2.24) is 9.80 Å². The van der Waals surface area contributed by atoms with Crippen molar-refractivity contribution in [2.45, 2.75) is 56.4 Å². The van der Waals surface area contributed by atoms with Gasteiger partial charge in [0, 0.05) is 44.4 Å². The van der Waals surface area contributed by atoms with Gasteiger partial charge in [-0.15, -0.1) is 0 Å². The van der Waals surface area contributed by atoms with Gasteiger partial charge in [0.1, 0.15) is 5.82 Å². The summed E-state index contributed by atoms with van der Waals surface area (Å²) in [5.41, 5.74) is 1.77. The second kappa shape index (κ2) is 8.34. The molecule has 0 unspecified atom stereocenters. The van der Waals surface area contributed by atoms with Crippen LogP contribution in [0.1, 0.15) is 56.1 Å². The largest absolute Gasteiger partial charge is 0.341 e. The van der Waals surface area contributed by atoms with Crippen LogP contribution >= 0.6 is 0 Å². The maximum absolute atomic E-state index is 14.0. The Hall–Kier alpha value is -2.69. The number of carbonyl (C=O) groups excluding carboxylic acids is 2. The number of benzene rings is 2. The number of hydrogen-bond donors (Lipinski definition) is 0. The predicted octanol–water partition coefficient (Wildman–Crippen LogP) is 4.50. The molecule has 0 radical (unpaired) electrons. The van der Waals surface area contributed by atoms with Gasteiger partial charge in [-0.3, -0.25) is 9.59 Å². The summed E-state index contributed by atoms with van der Waals surface area (Å²) in [4.78, 5) is 30.4. The molecule has 4 nitrogen and oxygen atoms in total. The van der Waals surface area contributed by atoms with Crippen LogP contribution in [-0.2, 0) is 15.0 Å². The highest BCUT2D eigenvalue weighted by molar-refractivity contribution is 5.89. The van der Waals surface area contributed by atoms with Crippen LogP contribution in [0.4, 0.5) is 4.39 Å². The molecule has 3 atom stereocenters. The molecule has 0 N–H and O–H groups in total. The van der Waals surface area contributed by atoms with Crippen molar-refractivity contribution in [3.8, 4) is 0 Å². The fourth-order valence-corrected chi connectivity index (χ4v) is 6.51. The van der Waals surface area contributed by atoms with Crippen LogP contribution < -0.4 is 0 Å². The van der Waals surface area contributed by atoms with Gasteiger partial charge in [-0.2, -0.15) is 0 Å². The third kappa shape index (κ3) is 3.52. The van der Waals surface area contributed by atoms with E-state index in [9.17, 15) is 14.0 Å². The molecule has 2 aromatic rings. The Morgan fingerprint density at radius 2 is 1.66 bits per heavy atom. The maximum atomic E-state index is 14.0. The molecule has 5 rings (SSSR count). The van der Waals surface area contributed by atoms with Crippen molar-refractivity contribution in [1.29, 1.82) is 0 Å². The van der Waals surface area contributed by atoms with E-state index < -0.39 is 5.41 Å². The Morgan fingerprint density at radius 3 is 2.31 bits per heavy atom. The molecule has 2 aromatic carbocycles. The molecule has 1 aliphatic carbocycles. The summed E-state index contributed by atoms with van der Waals surface area (Å²) in [5.74, 6) is 0.380. The number of fused-ring (bicyclic) bond motifs is 1. The first kappa shape index (κ1) is 21.2. The molecule has 5 heteroatoms. The quantitative estimate of drug-likeness (QED) is 0.714. The normalized spacial score (nSPS) is 26.8. The number of likely N-dealkylation sites (tertiary alicyclic amines) is 2. The van der Waals surface area contributed by atoms with E-state index in [1.807, 2.05) is 35.2 Å². The van der Waals surface area contributed by atoms with Crippen molar-refractivity contribution in [3.63, 3.8) is 0 Å². The van der Waals surface area contributed by atoms with Gasteiger partial charge in [0.05, 0.1) is 5.41 Å². The summed E-state index contributed by atoms with van der Waals surface area (Å²) in [6.45, 7) is 3.62. The average Bonchev–Trinajstić information content (AvgIpc) is 3.46. The summed E-state index contributed by atoms with van der Waals surface area (Å²) < 4.78 is 13.5. The first-order valence-electron chi connectivity index (χ1n) is 11.9. The molecule has 2 aliphatic heterocycles. The summed E-state index contributed by atoms with van der Waals surface area (Å²) in [7, 11) is 0. The highest BCUT2D eigenvalue weighted by atomic mass is 19.1. The van der Waals surface area contributed by atoms with Gasteiger partial charge >= 0.3 is 0 Å². The lowest BCUT2D eigenvalue weighted by atomic mass is 9.76. The number of rotatable bonds is 3. The fraction of sp³-hybridized carbons (Fsp3) is 0.481. The van der Waals surface area contributed by atoms with Crippen molar-refractivity contribution < 1.29 is 14.0 Å². The van der Waals surface area contributed by atoms with Crippen molar-refractivity contribution in [3.05, 3.63) is 71.5 Å². The third-order valence-corrected chi connectivity index (χ3v) is 8.11. The molecule has 168 valence electrons. The Kier molecular flexibility index (Phi) is 5.52. The molecule has 2 saturated heterocycles. The van der Waals surface area contributed by atoms with Crippen LogP contribution in [0.5, 0.6) is 0 Å². The van der Waals surface area contributed by atoms with E-state index in [0.717, 1.165) is 43.2 Å². The van der Waals surface area contributed by atoms with Gasteiger partial charge in [0.2, 0.25) is 11.8 Å². The summed E-state index contributed by atoms with van der Waals surface area (Å²) in [5, 5.41) is 0. The van der Waals surface area contributed by atoms with E-state index in [4.69, 9.17) is 0 Å². The number of amides is 2. The van der Waals surface area contributed by atoms with Gasteiger partial charge in [-0.1, -0.05) is 55.3 Å². The molecule has 3 aliphatic rings. The van der Waals surface area contributed by atoms with E-state index >= 15 is 0 Å². The molecule has 2 heterocycles. The van der Waals surface area contributed by atoms with Gasteiger partial charge in [-0.05, 0) is 42.5 Å². The average molecular weight is 435 g/mol. The molecule has 0 aromatic heterocycles. The Balaban J connectivity index is 1.44. The maximum Gasteiger partial charge on any atom is 0.233 e. The minimum atomic E-state index is -0.418. The van der Waals surface area contributed by atoms with E-state index in [1.165, 1.54) is 12.1 Å². The van der Waals surface area contributed by atoms with Crippen molar-refractivity contribution in [2.75, 3.05) is 19.6 Å².